The van der Waals surface area contributed by atoms with Crippen LogP contribution in [0.3, 0.4) is 0 Å². The third-order valence-corrected chi connectivity index (χ3v) is 4.32. The van der Waals surface area contributed by atoms with Gasteiger partial charge in [0.05, 0.1) is 13.3 Å². The molecule has 21 heavy (non-hydrogen) atoms. The molecule has 6 nitrogen and oxygen atoms in total. The summed E-state index contributed by atoms with van der Waals surface area (Å²) in [4.78, 5) is 23.1. The van der Waals surface area contributed by atoms with Crippen molar-refractivity contribution in [2.45, 2.75) is 38.5 Å². The van der Waals surface area contributed by atoms with Crippen LogP contribution in [0.5, 0.6) is 6.01 Å². The van der Waals surface area contributed by atoms with E-state index in [-0.39, 0.29) is 11.8 Å². The molecule has 2 aliphatic rings. The van der Waals surface area contributed by atoms with Gasteiger partial charge in [0, 0.05) is 19.0 Å². The standard InChI is InChI=1S/C15H22N4O2/c1-21-15-16-10-12(13(18-15)19-8-4-5-9-19)17-14(20)11-6-2-3-7-11/h10-11H,2-9H2,1H3,(H,17,20). The highest BCUT2D eigenvalue weighted by atomic mass is 16.5. The second-order valence-corrected chi connectivity index (χ2v) is 5.76. The molecule has 1 amide bonds. The molecule has 0 radical (unpaired) electrons. The van der Waals surface area contributed by atoms with Crippen molar-refractivity contribution in [2.75, 3.05) is 30.4 Å². The van der Waals surface area contributed by atoms with E-state index in [9.17, 15) is 4.79 Å². The molecule has 1 aromatic rings. The highest BCUT2D eigenvalue weighted by molar-refractivity contribution is 5.95. The maximum atomic E-state index is 12.3. The average Bonchev–Trinajstić information content (AvgIpc) is 3.21. The van der Waals surface area contributed by atoms with Gasteiger partial charge >= 0.3 is 6.01 Å². The first kappa shape index (κ1) is 14.1. The molecule has 1 N–H and O–H groups in total. The molecule has 2 heterocycles. The fraction of sp³-hybridized carbons (Fsp3) is 0.667. The lowest BCUT2D eigenvalue weighted by atomic mass is 10.1. The van der Waals surface area contributed by atoms with Crippen LogP contribution in [-0.4, -0.2) is 36.1 Å². The van der Waals surface area contributed by atoms with Crippen LogP contribution in [0.4, 0.5) is 11.5 Å². The molecule has 0 aromatic carbocycles. The van der Waals surface area contributed by atoms with Gasteiger partial charge in [-0.05, 0) is 25.7 Å². The molecule has 1 aromatic heterocycles. The fourth-order valence-corrected chi connectivity index (χ4v) is 3.14. The molecule has 1 saturated heterocycles. The highest BCUT2D eigenvalue weighted by Crippen LogP contribution is 2.30. The van der Waals surface area contributed by atoms with Crippen LogP contribution >= 0.6 is 0 Å². The lowest BCUT2D eigenvalue weighted by Gasteiger charge is -2.21. The number of hydrogen-bond acceptors (Lipinski definition) is 5. The minimum Gasteiger partial charge on any atom is -0.467 e. The van der Waals surface area contributed by atoms with E-state index < -0.39 is 0 Å². The summed E-state index contributed by atoms with van der Waals surface area (Å²) in [6, 6.07) is 0.343. The van der Waals surface area contributed by atoms with E-state index in [1.54, 1.807) is 13.3 Å². The summed E-state index contributed by atoms with van der Waals surface area (Å²) in [7, 11) is 1.56. The summed E-state index contributed by atoms with van der Waals surface area (Å²) in [6.45, 7) is 1.93. The summed E-state index contributed by atoms with van der Waals surface area (Å²) < 4.78 is 5.11. The fourth-order valence-electron chi connectivity index (χ4n) is 3.14. The number of amides is 1. The number of hydrogen-bond donors (Lipinski definition) is 1. The van der Waals surface area contributed by atoms with E-state index in [2.05, 4.69) is 20.2 Å². The number of methoxy groups -OCH3 is 1. The van der Waals surface area contributed by atoms with Gasteiger partial charge in [0.25, 0.3) is 0 Å². The molecular formula is C15H22N4O2. The van der Waals surface area contributed by atoms with Gasteiger partial charge in [-0.15, -0.1) is 0 Å². The minimum atomic E-state index is 0.0988. The number of ether oxygens (including phenoxy) is 1. The largest absolute Gasteiger partial charge is 0.467 e. The van der Waals surface area contributed by atoms with Crippen LogP contribution in [-0.2, 0) is 4.79 Å². The Balaban J connectivity index is 1.80. The summed E-state index contributed by atoms with van der Waals surface area (Å²) in [5.41, 5.74) is 0.703. The van der Waals surface area contributed by atoms with E-state index in [1.165, 1.54) is 0 Å². The zero-order valence-electron chi connectivity index (χ0n) is 12.5. The van der Waals surface area contributed by atoms with E-state index in [4.69, 9.17) is 4.74 Å². The number of aromatic nitrogens is 2. The molecule has 2 fully saturated rings. The smallest absolute Gasteiger partial charge is 0.318 e. The van der Waals surface area contributed by atoms with Crippen molar-refractivity contribution in [3.8, 4) is 6.01 Å². The van der Waals surface area contributed by atoms with Crippen molar-refractivity contribution in [3.63, 3.8) is 0 Å². The molecule has 0 spiro atoms. The Morgan fingerprint density at radius 2 is 2.00 bits per heavy atom. The summed E-state index contributed by atoms with van der Waals surface area (Å²) >= 11 is 0. The van der Waals surface area contributed by atoms with Crippen LogP contribution < -0.4 is 15.0 Å². The Hall–Kier alpha value is -1.85. The number of carbonyl (C=O) groups is 1. The maximum Gasteiger partial charge on any atom is 0.318 e. The normalized spacial score (nSPS) is 19.0. The van der Waals surface area contributed by atoms with Gasteiger partial charge in [-0.25, -0.2) is 4.98 Å². The Bertz CT molecular complexity index is 508. The van der Waals surface area contributed by atoms with Gasteiger partial charge in [-0.1, -0.05) is 12.8 Å². The van der Waals surface area contributed by atoms with E-state index in [0.717, 1.165) is 57.4 Å². The van der Waals surface area contributed by atoms with Crippen LogP contribution in [0.1, 0.15) is 38.5 Å². The summed E-state index contributed by atoms with van der Waals surface area (Å²) in [6.07, 6.45) is 8.24. The van der Waals surface area contributed by atoms with Crippen molar-refractivity contribution in [1.82, 2.24) is 9.97 Å². The van der Waals surface area contributed by atoms with Gasteiger partial charge in [-0.2, -0.15) is 4.98 Å². The Labute approximate surface area is 124 Å². The Morgan fingerprint density at radius 1 is 1.29 bits per heavy atom. The molecule has 6 heteroatoms. The number of carbonyl (C=O) groups excluding carboxylic acids is 1. The van der Waals surface area contributed by atoms with Crippen LogP contribution in [0.25, 0.3) is 0 Å². The van der Waals surface area contributed by atoms with Gasteiger partial charge in [0.15, 0.2) is 5.82 Å². The lowest BCUT2D eigenvalue weighted by Crippen LogP contribution is -2.25. The van der Waals surface area contributed by atoms with Crippen molar-refractivity contribution < 1.29 is 9.53 Å². The first-order chi connectivity index (χ1) is 10.3. The zero-order chi connectivity index (χ0) is 14.7. The lowest BCUT2D eigenvalue weighted by molar-refractivity contribution is -0.119. The van der Waals surface area contributed by atoms with Crippen molar-refractivity contribution in [3.05, 3.63) is 6.20 Å². The highest BCUT2D eigenvalue weighted by Gasteiger charge is 2.25. The van der Waals surface area contributed by atoms with Gasteiger partial charge in [0.2, 0.25) is 5.91 Å². The monoisotopic (exact) mass is 290 g/mol. The number of anilines is 2. The SMILES string of the molecule is COc1ncc(NC(=O)C2CCCC2)c(N2CCCC2)n1. The van der Waals surface area contributed by atoms with Gasteiger partial charge in [-0.3, -0.25) is 4.79 Å². The van der Waals surface area contributed by atoms with Gasteiger partial charge in [0.1, 0.15) is 5.69 Å². The number of nitrogens with zero attached hydrogens (tertiary/aromatic N) is 3. The summed E-state index contributed by atoms with van der Waals surface area (Å²) in [5, 5.41) is 3.02. The molecule has 1 saturated carbocycles. The second-order valence-electron chi connectivity index (χ2n) is 5.76. The van der Waals surface area contributed by atoms with E-state index >= 15 is 0 Å². The number of nitrogens with one attached hydrogen (secondary N) is 1. The van der Waals surface area contributed by atoms with Crippen LogP contribution in [0.15, 0.2) is 6.20 Å². The third-order valence-electron chi connectivity index (χ3n) is 4.32. The van der Waals surface area contributed by atoms with Gasteiger partial charge < -0.3 is 15.0 Å². The molecule has 1 aliphatic carbocycles. The molecule has 114 valence electrons. The molecular weight excluding hydrogens is 268 g/mol. The predicted molar refractivity (Wildman–Crippen MR) is 80.6 cm³/mol. The van der Waals surface area contributed by atoms with Crippen LogP contribution in [0.2, 0.25) is 0 Å². The minimum absolute atomic E-state index is 0.0988. The summed E-state index contributed by atoms with van der Waals surface area (Å²) in [5.74, 6) is 1.02. The molecule has 0 bridgehead atoms. The Kier molecular flexibility index (Phi) is 4.22. The second kappa shape index (κ2) is 6.28. The number of rotatable bonds is 4. The molecule has 0 unspecified atom stereocenters. The topological polar surface area (TPSA) is 67.3 Å². The van der Waals surface area contributed by atoms with Crippen molar-refractivity contribution in [1.29, 1.82) is 0 Å². The van der Waals surface area contributed by atoms with E-state index in [0.29, 0.717) is 11.7 Å². The third kappa shape index (κ3) is 3.09. The maximum absolute atomic E-state index is 12.3. The Morgan fingerprint density at radius 3 is 2.67 bits per heavy atom. The molecule has 0 atom stereocenters. The molecule has 1 aliphatic heterocycles. The van der Waals surface area contributed by atoms with E-state index in [1.807, 2.05) is 0 Å². The van der Waals surface area contributed by atoms with Crippen LogP contribution in [0, 0.1) is 5.92 Å². The zero-order valence-corrected chi connectivity index (χ0v) is 12.5. The van der Waals surface area contributed by atoms with Crippen molar-refractivity contribution in [2.24, 2.45) is 5.92 Å². The molecule has 3 rings (SSSR count). The first-order valence-electron chi connectivity index (χ1n) is 7.75. The predicted octanol–water partition coefficient (Wildman–Crippen LogP) is 2.21. The first-order valence-corrected chi connectivity index (χ1v) is 7.75. The van der Waals surface area contributed by atoms with Crippen molar-refractivity contribution >= 4 is 17.4 Å². The average molecular weight is 290 g/mol. The quantitative estimate of drug-likeness (QED) is 0.921.